The summed E-state index contributed by atoms with van der Waals surface area (Å²) in [6, 6.07) is 3.11. The highest BCUT2D eigenvalue weighted by atomic mass is 16.5. The summed E-state index contributed by atoms with van der Waals surface area (Å²) in [6.45, 7) is 3.62. The molecule has 1 aliphatic rings. The van der Waals surface area contributed by atoms with Crippen LogP contribution in [0.15, 0.2) is 18.3 Å². The summed E-state index contributed by atoms with van der Waals surface area (Å²) in [7, 11) is 0. The number of morpholine rings is 1. The van der Waals surface area contributed by atoms with Gasteiger partial charge >= 0.3 is 5.97 Å². The first kappa shape index (κ1) is 12.6. The van der Waals surface area contributed by atoms with Crippen LogP contribution in [0.5, 0.6) is 0 Å². The van der Waals surface area contributed by atoms with Crippen LogP contribution in [0.4, 0.5) is 0 Å². The molecule has 1 fully saturated rings. The molecular weight excluding hydrogens is 236 g/mol. The number of ether oxygens (including phenoxy) is 1. The van der Waals surface area contributed by atoms with E-state index in [0.29, 0.717) is 19.7 Å². The molecule has 1 unspecified atom stereocenters. The molecule has 6 heteroatoms. The van der Waals surface area contributed by atoms with E-state index >= 15 is 0 Å². The van der Waals surface area contributed by atoms with Crippen molar-refractivity contribution in [1.29, 1.82) is 0 Å². The fourth-order valence-electron chi connectivity index (χ4n) is 2.04. The summed E-state index contributed by atoms with van der Waals surface area (Å²) in [6.07, 6.45) is 1.64. The van der Waals surface area contributed by atoms with Gasteiger partial charge in [0.1, 0.15) is 12.2 Å². The van der Waals surface area contributed by atoms with Gasteiger partial charge in [-0.1, -0.05) is 0 Å². The van der Waals surface area contributed by atoms with Crippen molar-refractivity contribution in [3.05, 3.63) is 24.0 Å². The third-order valence-corrected chi connectivity index (χ3v) is 2.95. The van der Waals surface area contributed by atoms with Crippen LogP contribution < -0.4 is 0 Å². The number of aromatic nitrogens is 1. The molecule has 1 aliphatic heterocycles. The molecule has 1 amide bonds. The lowest BCUT2D eigenvalue weighted by Gasteiger charge is -2.31. The second kappa shape index (κ2) is 5.22. The maximum atomic E-state index is 12.0. The number of hydrogen-bond acceptors (Lipinski definition) is 3. The fourth-order valence-corrected chi connectivity index (χ4v) is 2.04. The van der Waals surface area contributed by atoms with E-state index in [2.05, 4.69) is 0 Å². The van der Waals surface area contributed by atoms with E-state index in [4.69, 9.17) is 9.84 Å². The van der Waals surface area contributed by atoms with Gasteiger partial charge in [-0.25, -0.2) is 4.79 Å². The van der Waals surface area contributed by atoms with E-state index in [9.17, 15) is 9.59 Å². The zero-order valence-corrected chi connectivity index (χ0v) is 10.2. The quantitative estimate of drug-likeness (QED) is 0.847. The number of rotatable bonds is 3. The Bertz CT molecular complexity index is 455. The van der Waals surface area contributed by atoms with Gasteiger partial charge in [0.2, 0.25) is 5.91 Å². The molecule has 6 nitrogen and oxygen atoms in total. The van der Waals surface area contributed by atoms with Gasteiger partial charge in [-0.15, -0.1) is 0 Å². The standard InChI is InChI=1S/C12H16N2O4/c1-9-7-14(5-6-18-9)11(15)8-13-4-2-3-10(13)12(16)17/h2-4,9H,5-8H2,1H3,(H,16,17). The summed E-state index contributed by atoms with van der Waals surface area (Å²) >= 11 is 0. The Morgan fingerprint density at radius 2 is 2.33 bits per heavy atom. The van der Waals surface area contributed by atoms with Crippen LogP contribution in [0.2, 0.25) is 0 Å². The largest absolute Gasteiger partial charge is 0.477 e. The van der Waals surface area contributed by atoms with Crippen molar-refractivity contribution in [2.45, 2.75) is 19.6 Å². The predicted octanol–water partition coefficient (Wildman–Crippen LogP) is 0.434. The van der Waals surface area contributed by atoms with E-state index in [-0.39, 0.29) is 24.2 Å². The van der Waals surface area contributed by atoms with Crippen molar-refractivity contribution < 1.29 is 19.4 Å². The predicted molar refractivity (Wildman–Crippen MR) is 63.4 cm³/mol. The van der Waals surface area contributed by atoms with Gasteiger partial charge in [0, 0.05) is 19.3 Å². The average Bonchev–Trinajstić information content (AvgIpc) is 2.77. The van der Waals surface area contributed by atoms with Gasteiger partial charge in [0.05, 0.1) is 12.7 Å². The lowest BCUT2D eigenvalue weighted by Crippen LogP contribution is -2.45. The summed E-state index contributed by atoms with van der Waals surface area (Å²) in [5, 5.41) is 8.95. The molecule has 0 radical (unpaired) electrons. The number of nitrogens with zero attached hydrogens (tertiary/aromatic N) is 2. The average molecular weight is 252 g/mol. The molecule has 1 aromatic rings. The Kier molecular flexibility index (Phi) is 3.66. The van der Waals surface area contributed by atoms with Gasteiger partial charge in [-0.2, -0.15) is 0 Å². The third-order valence-electron chi connectivity index (χ3n) is 2.95. The van der Waals surface area contributed by atoms with Crippen LogP contribution in [0.3, 0.4) is 0 Å². The first-order valence-electron chi connectivity index (χ1n) is 5.85. The molecule has 0 aliphatic carbocycles. The lowest BCUT2D eigenvalue weighted by molar-refractivity contribution is -0.138. The molecule has 1 N–H and O–H groups in total. The number of carboxylic acid groups (broad SMARTS) is 1. The molecule has 1 aromatic heterocycles. The number of hydrogen-bond donors (Lipinski definition) is 1. The SMILES string of the molecule is CC1CN(C(=O)Cn2cccc2C(=O)O)CCO1. The minimum atomic E-state index is -1.02. The van der Waals surface area contributed by atoms with Crippen LogP contribution in [-0.4, -0.2) is 52.3 Å². The molecule has 2 rings (SSSR count). The zero-order chi connectivity index (χ0) is 13.1. The molecule has 0 bridgehead atoms. The van der Waals surface area contributed by atoms with Crippen molar-refractivity contribution in [1.82, 2.24) is 9.47 Å². The van der Waals surface area contributed by atoms with Crippen molar-refractivity contribution in [2.75, 3.05) is 19.7 Å². The molecule has 0 saturated carbocycles. The van der Waals surface area contributed by atoms with Crippen molar-refractivity contribution in [3.63, 3.8) is 0 Å². The van der Waals surface area contributed by atoms with E-state index in [1.807, 2.05) is 6.92 Å². The Balaban J connectivity index is 2.02. The number of amides is 1. The van der Waals surface area contributed by atoms with E-state index in [1.165, 1.54) is 10.6 Å². The van der Waals surface area contributed by atoms with Gasteiger partial charge in [-0.3, -0.25) is 4.79 Å². The molecule has 98 valence electrons. The van der Waals surface area contributed by atoms with Gasteiger partial charge in [0.15, 0.2) is 0 Å². The van der Waals surface area contributed by atoms with Crippen LogP contribution in [0.1, 0.15) is 17.4 Å². The zero-order valence-electron chi connectivity index (χ0n) is 10.2. The maximum Gasteiger partial charge on any atom is 0.352 e. The maximum absolute atomic E-state index is 12.0. The molecule has 0 aromatic carbocycles. The van der Waals surface area contributed by atoms with E-state index in [0.717, 1.165) is 0 Å². The van der Waals surface area contributed by atoms with Crippen LogP contribution >= 0.6 is 0 Å². The van der Waals surface area contributed by atoms with Crippen molar-refractivity contribution >= 4 is 11.9 Å². The lowest BCUT2D eigenvalue weighted by atomic mass is 10.3. The number of carbonyl (C=O) groups excluding carboxylic acids is 1. The molecule has 18 heavy (non-hydrogen) atoms. The summed E-state index contributed by atoms with van der Waals surface area (Å²) in [5.74, 6) is -1.10. The Hall–Kier alpha value is -1.82. The smallest absolute Gasteiger partial charge is 0.352 e. The number of carboxylic acids is 1. The van der Waals surface area contributed by atoms with Gasteiger partial charge in [-0.05, 0) is 19.1 Å². The first-order valence-corrected chi connectivity index (χ1v) is 5.85. The highest BCUT2D eigenvalue weighted by Crippen LogP contribution is 2.08. The summed E-state index contributed by atoms with van der Waals surface area (Å²) in [4.78, 5) is 24.7. The summed E-state index contributed by atoms with van der Waals surface area (Å²) < 4.78 is 6.81. The molecule has 1 atom stereocenters. The van der Waals surface area contributed by atoms with Crippen LogP contribution in [-0.2, 0) is 16.1 Å². The van der Waals surface area contributed by atoms with Gasteiger partial charge in [0.25, 0.3) is 0 Å². The van der Waals surface area contributed by atoms with Gasteiger partial charge < -0.3 is 19.3 Å². The molecular formula is C12H16N2O4. The minimum absolute atomic E-state index is 0.0336. The normalized spacial score (nSPS) is 19.8. The monoisotopic (exact) mass is 252 g/mol. The number of carbonyl (C=O) groups is 2. The van der Waals surface area contributed by atoms with Crippen LogP contribution in [0, 0.1) is 0 Å². The van der Waals surface area contributed by atoms with Crippen molar-refractivity contribution in [2.24, 2.45) is 0 Å². The topological polar surface area (TPSA) is 71.8 Å². The highest BCUT2D eigenvalue weighted by molar-refractivity contribution is 5.86. The highest BCUT2D eigenvalue weighted by Gasteiger charge is 2.22. The Morgan fingerprint density at radius 3 is 3.00 bits per heavy atom. The Morgan fingerprint density at radius 1 is 1.56 bits per heavy atom. The minimum Gasteiger partial charge on any atom is -0.477 e. The Labute approximate surface area is 105 Å². The third kappa shape index (κ3) is 2.70. The summed E-state index contributed by atoms with van der Waals surface area (Å²) in [5.41, 5.74) is 0.129. The molecule has 2 heterocycles. The van der Waals surface area contributed by atoms with E-state index < -0.39 is 5.97 Å². The second-order valence-electron chi connectivity index (χ2n) is 4.35. The van der Waals surface area contributed by atoms with Crippen LogP contribution in [0.25, 0.3) is 0 Å². The first-order chi connectivity index (χ1) is 8.58. The van der Waals surface area contributed by atoms with E-state index in [1.54, 1.807) is 17.2 Å². The number of aromatic carboxylic acids is 1. The molecule has 1 saturated heterocycles. The fraction of sp³-hybridized carbons (Fsp3) is 0.500. The van der Waals surface area contributed by atoms with Crippen molar-refractivity contribution in [3.8, 4) is 0 Å². The second-order valence-corrected chi connectivity index (χ2v) is 4.35. The molecule has 0 spiro atoms.